The highest BCUT2D eigenvalue weighted by Gasteiger charge is 2.36. The Labute approximate surface area is 156 Å². The Morgan fingerprint density at radius 3 is 2.33 bits per heavy atom. The number of hydrogen-bond donors (Lipinski definition) is 5. The summed E-state index contributed by atoms with van der Waals surface area (Å²) < 4.78 is 0. The number of nitrogens with two attached hydrogens (primary N) is 1. The zero-order valence-corrected chi connectivity index (χ0v) is 15.3. The number of aliphatic hydroxyl groups is 1. The Bertz CT molecular complexity index is 608. The second kappa shape index (κ2) is 9.86. The molecule has 152 valence electrons. The van der Waals surface area contributed by atoms with Gasteiger partial charge in [0.25, 0.3) is 0 Å². The van der Waals surface area contributed by atoms with Crippen LogP contribution in [-0.2, 0) is 24.0 Å². The number of carboxylic acids is 1. The molecule has 1 fully saturated rings. The van der Waals surface area contributed by atoms with Gasteiger partial charge in [-0.2, -0.15) is 0 Å². The van der Waals surface area contributed by atoms with Crippen LogP contribution in [0.3, 0.4) is 0 Å². The number of carbonyl (C=O) groups is 5. The van der Waals surface area contributed by atoms with E-state index in [0.717, 1.165) is 0 Å². The smallest absolute Gasteiger partial charge is 0.326 e. The molecule has 0 saturated carbocycles. The van der Waals surface area contributed by atoms with Crippen LogP contribution < -0.4 is 16.4 Å². The lowest BCUT2D eigenvalue weighted by atomic mass is 10.1. The van der Waals surface area contributed by atoms with Gasteiger partial charge in [0, 0.05) is 19.9 Å². The fourth-order valence-corrected chi connectivity index (χ4v) is 2.88. The van der Waals surface area contributed by atoms with Gasteiger partial charge in [-0.3, -0.25) is 19.2 Å². The molecule has 4 amide bonds. The van der Waals surface area contributed by atoms with Gasteiger partial charge in [0.05, 0.1) is 6.10 Å². The summed E-state index contributed by atoms with van der Waals surface area (Å²) in [5, 5.41) is 23.5. The zero-order valence-electron chi connectivity index (χ0n) is 15.3. The van der Waals surface area contributed by atoms with Gasteiger partial charge in [0.2, 0.25) is 23.6 Å². The van der Waals surface area contributed by atoms with Gasteiger partial charge in [0.15, 0.2) is 0 Å². The highest BCUT2D eigenvalue weighted by atomic mass is 16.4. The Balaban J connectivity index is 2.80. The molecule has 1 heterocycles. The predicted molar refractivity (Wildman–Crippen MR) is 92.0 cm³/mol. The molecule has 27 heavy (non-hydrogen) atoms. The van der Waals surface area contributed by atoms with E-state index in [0.29, 0.717) is 19.4 Å². The number of carboxylic acid groups (broad SMARTS) is 1. The molecule has 6 N–H and O–H groups in total. The minimum atomic E-state index is -1.41. The van der Waals surface area contributed by atoms with Crippen LogP contribution in [0.25, 0.3) is 0 Å². The summed E-state index contributed by atoms with van der Waals surface area (Å²) in [6.07, 6.45) is -0.726. The van der Waals surface area contributed by atoms with E-state index in [1.807, 2.05) is 0 Å². The minimum Gasteiger partial charge on any atom is -0.480 e. The fraction of sp³-hybridized carbons (Fsp3) is 0.688. The summed E-state index contributed by atoms with van der Waals surface area (Å²) in [7, 11) is 0. The molecule has 0 aromatic heterocycles. The van der Waals surface area contributed by atoms with Gasteiger partial charge in [-0.05, 0) is 26.2 Å². The van der Waals surface area contributed by atoms with Crippen molar-refractivity contribution in [1.29, 1.82) is 0 Å². The molecule has 1 aliphatic heterocycles. The van der Waals surface area contributed by atoms with Crippen LogP contribution >= 0.6 is 0 Å². The van der Waals surface area contributed by atoms with Gasteiger partial charge in [0.1, 0.15) is 18.1 Å². The van der Waals surface area contributed by atoms with Crippen LogP contribution in [0.15, 0.2) is 0 Å². The lowest BCUT2D eigenvalue weighted by Crippen LogP contribution is -2.58. The van der Waals surface area contributed by atoms with Crippen molar-refractivity contribution >= 4 is 29.6 Å². The third-order valence-corrected chi connectivity index (χ3v) is 4.32. The molecule has 0 aromatic rings. The van der Waals surface area contributed by atoms with E-state index < -0.39 is 47.9 Å². The van der Waals surface area contributed by atoms with Crippen LogP contribution in [-0.4, -0.2) is 75.5 Å². The monoisotopic (exact) mass is 386 g/mol. The SMILES string of the molecule is CC(=O)N1CCC[C@H]1C(=O)N[C@H](C(=O)N[C@@H](CCC(N)=O)C(=O)O)[C@@H](C)O. The van der Waals surface area contributed by atoms with Crippen LogP contribution in [0.1, 0.15) is 39.5 Å². The second-order valence-electron chi connectivity index (χ2n) is 6.50. The van der Waals surface area contributed by atoms with E-state index >= 15 is 0 Å². The summed E-state index contributed by atoms with van der Waals surface area (Å²) in [6.45, 7) is 3.02. The number of aliphatic hydroxyl groups excluding tert-OH is 1. The van der Waals surface area contributed by atoms with Crippen LogP contribution in [0.4, 0.5) is 0 Å². The molecule has 1 saturated heterocycles. The van der Waals surface area contributed by atoms with E-state index in [9.17, 15) is 29.1 Å². The van der Waals surface area contributed by atoms with E-state index in [2.05, 4.69) is 10.6 Å². The van der Waals surface area contributed by atoms with Crippen molar-refractivity contribution < 1.29 is 34.2 Å². The Kier molecular flexibility index (Phi) is 8.16. The largest absolute Gasteiger partial charge is 0.480 e. The van der Waals surface area contributed by atoms with Crippen molar-refractivity contribution in [2.45, 2.75) is 63.8 Å². The van der Waals surface area contributed by atoms with Gasteiger partial charge >= 0.3 is 5.97 Å². The molecule has 0 aromatic carbocycles. The maximum atomic E-state index is 12.4. The van der Waals surface area contributed by atoms with Crippen molar-refractivity contribution in [2.24, 2.45) is 5.73 Å². The van der Waals surface area contributed by atoms with Crippen molar-refractivity contribution in [3.63, 3.8) is 0 Å². The first kappa shape index (κ1) is 22.4. The van der Waals surface area contributed by atoms with E-state index in [1.165, 1.54) is 18.7 Å². The number of hydrogen-bond acceptors (Lipinski definition) is 6. The molecule has 11 nitrogen and oxygen atoms in total. The summed E-state index contributed by atoms with van der Waals surface area (Å²) in [6, 6.07) is -3.56. The molecule has 0 radical (unpaired) electrons. The standard InChI is InChI=1S/C16H26N4O7/c1-8(21)13(15(25)18-10(16(26)27)5-6-12(17)23)19-14(24)11-4-3-7-20(11)9(2)22/h8,10-11,13,21H,3-7H2,1-2H3,(H2,17,23)(H,18,25)(H,19,24)(H,26,27)/t8-,10+,11+,13+/m1/s1. The summed E-state index contributed by atoms with van der Waals surface area (Å²) >= 11 is 0. The first-order valence-electron chi connectivity index (χ1n) is 8.61. The number of amides is 4. The molecule has 0 bridgehead atoms. The first-order valence-corrected chi connectivity index (χ1v) is 8.61. The lowest BCUT2D eigenvalue weighted by Gasteiger charge is -2.27. The quantitative estimate of drug-likeness (QED) is 0.295. The number of rotatable bonds is 9. The van der Waals surface area contributed by atoms with E-state index in [-0.39, 0.29) is 18.7 Å². The van der Waals surface area contributed by atoms with Gasteiger partial charge in [-0.25, -0.2) is 4.79 Å². The summed E-state index contributed by atoms with van der Waals surface area (Å²) in [4.78, 5) is 59.8. The zero-order chi connectivity index (χ0) is 20.7. The second-order valence-corrected chi connectivity index (χ2v) is 6.50. The Morgan fingerprint density at radius 2 is 1.85 bits per heavy atom. The Hall–Kier alpha value is -2.69. The van der Waals surface area contributed by atoms with Gasteiger partial charge in [-0.1, -0.05) is 0 Å². The molecule has 4 atom stereocenters. The molecule has 1 aliphatic rings. The third kappa shape index (κ3) is 6.51. The fourth-order valence-electron chi connectivity index (χ4n) is 2.88. The average molecular weight is 386 g/mol. The molecule has 1 rings (SSSR count). The van der Waals surface area contributed by atoms with Crippen LogP contribution in [0, 0.1) is 0 Å². The minimum absolute atomic E-state index is 0.225. The van der Waals surface area contributed by atoms with Crippen molar-refractivity contribution in [3.05, 3.63) is 0 Å². The lowest BCUT2D eigenvalue weighted by molar-refractivity contribution is -0.144. The predicted octanol–water partition coefficient (Wildman–Crippen LogP) is -2.30. The number of nitrogens with one attached hydrogen (secondary N) is 2. The van der Waals surface area contributed by atoms with Crippen molar-refractivity contribution in [1.82, 2.24) is 15.5 Å². The number of nitrogens with zero attached hydrogens (tertiary/aromatic N) is 1. The number of aliphatic carboxylic acids is 1. The van der Waals surface area contributed by atoms with Gasteiger partial charge in [-0.15, -0.1) is 0 Å². The summed E-state index contributed by atoms with van der Waals surface area (Å²) in [5.74, 6) is -3.89. The maximum Gasteiger partial charge on any atom is 0.326 e. The normalized spacial score (nSPS) is 19.7. The molecule has 0 aliphatic carbocycles. The molecule has 0 spiro atoms. The van der Waals surface area contributed by atoms with Crippen LogP contribution in [0.2, 0.25) is 0 Å². The molecular formula is C16H26N4O7. The highest BCUT2D eigenvalue weighted by molar-refractivity contribution is 5.93. The number of primary amides is 1. The van der Waals surface area contributed by atoms with Gasteiger partial charge < -0.3 is 31.5 Å². The number of likely N-dealkylation sites (tertiary alicyclic amines) is 1. The van der Waals surface area contributed by atoms with E-state index in [1.54, 1.807) is 0 Å². The third-order valence-electron chi connectivity index (χ3n) is 4.32. The highest BCUT2D eigenvalue weighted by Crippen LogP contribution is 2.17. The first-order chi connectivity index (χ1) is 12.5. The number of carbonyl (C=O) groups excluding carboxylic acids is 4. The molecule has 11 heteroatoms. The molecule has 0 unspecified atom stereocenters. The van der Waals surface area contributed by atoms with Crippen molar-refractivity contribution in [2.75, 3.05) is 6.54 Å². The van der Waals surface area contributed by atoms with Crippen molar-refractivity contribution in [3.8, 4) is 0 Å². The maximum absolute atomic E-state index is 12.4. The Morgan fingerprint density at radius 1 is 1.22 bits per heavy atom. The topological polar surface area (TPSA) is 179 Å². The molecular weight excluding hydrogens is 360 g/mol. The summed E-state index contributed by atoms with van der Waals surface area (Å²) in [5.41, 5.74) is 4.98. The van der Waals surface area contributed by atoms with Crippen LogP contribution in [0.5, 0.6) is 0 Å². The van der Waals surface area contributed by atoms with E-state index in [4.69, 9.17) is 10.8 Å². The average Bonchev–Trinajstić information content (AvgIpc) is 3.05.